The number of nitro groups is 1. The van der Waals surface area contributed by atoms with Gasteiger partial charge in [-0.15, -0.1) is 11.3 Å². The number of hydrogen-bond donors (Lipinski definition) is 2. The fourth-order valence-corrected chi connectivity index (χ4v) is 1.91. The van der Waals surface area contributed by atoms with Crippen LogP contribution in [0.1, 0.15) is 5.69 Å². The fourth-order valence-electron chi connectivity index (χ4n) is 1.21. The topological polar surface area (TPSA) is 107 Å². The van der Waals surface area contributed by atoms with Crippen LogP contribution in [0.25, 0.3) is 0 Å². The molecule has 0 saturated heterocycles. The van der Waals surface area contributed by atoms with Crippen LogP contribution in [-0.2, 0) is 0 Å². The molecule has 7 nitrogen and oxygen atoms in total. The summed E-state index contributed by atoms with van der Waals surface area (Å²) < 4.78 is 0. The molecule has 0 saturated carbocycles. The van der Waals surface area contributed by atoms with Crippen LogP contribution in [0.3, 0.4) is 0 Å². The monoisotopic (exact) mass is 251 g/mol. The van der Waals surface area contributed by atoms with E-state index in [1.165, 1.54) is 23.5 Å². The summed E-state index contributed by atoms with van der Waals surface area (Å²) >= 11 is 1.42. The van der Waals surface area contributed by atoms with Crippen LogP contribution in [0.2, 0.25) is 0 Å². The first kappa shape index (κ1) is 11.3. The summed E-state index contributed by atoms with van der Waals surface area (Å²) in [7, 11) is 0. The summed E-state index contributed by atoms with van der Waals surface area (Å²) in [5.41, 5.74) is 6.16. The van der Waals surface area contributed by atoms with Gasteiger partial charge >= 0.3 is 5.69 Å². The quantitative estimate of drug-likeness (QED) is 0.638. The average Bonchev–Trinajstić information content (AvgIpc) is 2.63. The molecule has 2 aromatic rings. The maximum absolute atomic E-state index is 10.5. The van der Waals surface area contributed by atoms with Crippen molar-refractivity contribution in [2.75, 3.05) is 11.1 Å². The van der Waals surface area contributed by atoms with Gasteiger partial charge in [0.15, 0.2) is 5.13 Å². The van der Waals surface area contributed by atoms with Crippen LogP contribution in [-0.4, -0.2) is 14.9 Å². The third kappa shape index (κ3) is 2.48. The lowest BCUT2D eigenvalue weighted by Crippen LogP contribution is -2.01. The molecule has 0 atom stereocenters. The Bertz CT molecular complexity index is 568. The maximum Gasteiger partial charge on any atom is 0.311 e. The summed E-state index contributed by atoms with van der Waals surface area (Å²) in [6, 6.07) is 2.80. The zero-order chi connectivity index (χ0) is 12.4. The third-order valence-electron chi connectivity index (χ3n) is 1.95. The summed E-state index contributed by atoms with van der Waals surface area (Å²) in [6.45, 7) is 1.87. The van der Waals surface area contributed by atoms with E-state index in [0.29, 0.717) is 10.9 Å². The van der Waals surface area contributed by atoms with Gasteiger partial charge in [-0.25, -0.2) is 9.97 Å². The number of nitrogens with two attached hydrogens (primary N) is 1. The van der Waals surface area contributed by atoms with Crippen LogP contribution in [0.5, 0.6) is 0 Å². The Morgan fingerprint density at radius 3 is 2.76 bits per heavy atom. The molecule has 88 valence electrons. The second kappa shape index (κ2) is 4.34. The van der Waals surface area contributed by atoms with E-state index in [1.807, 2.05) is 12.3 Å². The number of aryl methyl sites for hydroxylation is 1. The average molecular weight is 251 g/mol. The minimum Gasteiger partial charge on any atom is -0.378 e. The second-order valence-electron chi connectivity index (χ2n) is 3.28. The molecule has 0 unspecified atom stereocenters. The highest BCUT2D eigenvalue weighted by atomic mass is 32.1. The largest absolute Gasteiger partial charge is 0.378 e. The van der Waals surface area contributed by atoms with Crippen molar-refractivity contribution in [3.63, 3.8) is 0 Å². The van der Waals surface area contributed by atoms with Gasteiger partial charge in [0.25, 0.3) is 0 Å². The van der Waals surface area contributed by atoms with Crippen LogP contribution < -0.4 is 11.1 Å². The van der Waals surface area contributed by atoms with Crippen molar-refractivity contribution in [1.82, 2.24) is 9.97 Å². The number of hydrogen-bond acceptors (Lipinski definition) is 7. The Morgan fingerprint density at radius 1 is 1.47 bits per heavy atom. The van der Waals surface area contributed by atoms with E-state index < -0.39 is 4.92 Å². The summed E-state index contributed by atoms with van der Waals surface area (Å²) in [6.07, 6.45) is 0. The molecular formula is C9H9N5O2S. The predicted molar refractivity (Wildman–Crippen MR) is 65.4 cm³/mol. The zero-order valence-corrected chi connectivity index (χ0v) is 9.69. The van der Waals surface area contributed by atoms with Gasteiger partial charge < -0.3 is 11.1 Å². The van der Waals surface area contributed by atoms with Crippen molar-refractivity contribution in [2.45, 2.75) is 6.92 Å². The summed E-state index contributed by atoms with van der Waals surface area (Å²) in [4.78, 5) is 18.1. The molecule has 2 rings (SSSR count). The van der Waals surface area contributed by atoms with E-state index >= 15 is 0 Å². The summed E-state index contributed by atoms with van der Waals surface area (Å²) in [5.74, 6) is 0.315. The highest BCUT2D eigenvalue weighted by Gasteiger charge is 2.13. The van der Waals surface area contributed by atoms with Crippen LogP contribution >= 0.6 is 11.3 Å². The van der Waals surface area contributed by atoms with Gasteiger partial charge in [0.1, 0.15) is 5.82 Å². The number of aromatic nitrogens is 2. The Kier molecular flexibility index (Phi) is 2.88. The Hall–Kier alpha value is -2.22. The van der Waals surface area contributed by atoms with Crippen LogP contribution in [0, 0.1) is 17.0 Å². The van der Waals surface area contributed by atoms with E-state index in [2.05, 4.69) is 15.3 Å². The first-order chi connectivity index (χ1) is 8.06. The van der Waals surface area contributed by atoms with E-state index in [4.69, 9.17) is 5.73 Å². The van der Waals surface area contributed by atoms with Crippen molar-refractivity contribution < 1.29 is 4.92 Å². The Balaban J connectivity index is 2.23. The van der Waals surface area contributed by atoms with E-state index in [-0.39, 0.29) is 11.5 Å². The molecule has 0 radical (unpaired) electrons. The Morgan fingerprint density at radius 2 is 2.24 bits per heavy atom. The van der Waals surface area contributed by atoms with Gasteiger partial charge in [0.05, 0.1) is 10.6 Å². The smallest absolute Gasteiger partial charge is 0.311 e. The van der Waals surface area contributed by atoms with Gasteiger partial charge in [-0.3, -0.25) is 10.1 Å². The van der Waals surface area contributed by atoms with Crippen molar-refractivity contribution in [3.05, 3.63) is 33.3 Å². The zero-order valence-electron chi connectivity index (χ0n) is 8.88. The minimum atomic E-state index is -0.570. The van der Waals surface area contributed by atoms with E-state index in [0.717, 1.165) is 5.69 Å². The van der Waals surface area contributed by atoms with Crippen molar-refractivity contribution in [3.8, 4) is 0 Å². The molecule has 2 heterocycles. The highest BCUT2D eigenvalue weighted by molar-refractivity contribution is 7.13. The lowest BCUT2D eigenvalue weighted by molar-refractivity contribution is -0.384. The number of rotatable bonds is 3. The number of nitrogens with zero attached hydrogens (tertiary/aromatic N) is 3. The van der Waals surface area contributed by atoms with Gasteiger partial charge in [0, 0.05) is 11.4 Å². The number of thiazole rings is 1. The predicted octanol–water partition coefficient (Wildman–Crippen LogP) is 2.08. The molecule has 3 N–H and O–H groups in total. The number of pyridine rings is 1. The number of anilines is 3. The summed E-state index contributed by atoms with van der Waals surface area (Å²) in [5, 5.41) is 16.0. The molecule has 8 heteroatoms. The van der Waals surface area contributed by atoms with Crippen molar-refractivity contribution in [2.24, 2.45) is 0 Å². The first-order valence-electron chi connectivity index (χ1n) is 4.66. The van der Waals surface area contributed by atoms with Crippen LogP contribution in [0.15, 0.2) is 17.5 Å². The molecule has 0 aliphatic rings. The normalized spacial score (nSPS) is 10.2. The molecule has 0 fully saturated rings. The molecule has 0 aliphatic carbocycles. The molecule has 0 aromatic carbocycles. The lowest BCUT2D eigenvalue weighted by atomic mass is 10.4. The van der Waals surface area contributed by atoms with Gasteiger partial charge in [-0.2, -0.15) is 0 Å². The molecule has 0 amide bonds. The number of nitrogens with one attached hydrogen (secondary N) is 1. The van der Waals surface area contributed by atoms with Crippen molar-refractivity contribution >= 4 is 33.8 Å². The van der Waals surface area contributed by atoms with Gasteiger partial charge in [0.2, 0.25) is 5.82 Å². The maximum atomic E-state index is 10.5. The highest BCUT2D eigenvalue weighted by Crippen LogP contribution is 2.24. The Labute approximate surface area is 100 Å². The SMILES string of the molecule is Cc1csc(Nc2ccc([N+](=O)[O-])c(N)n2)n1. The molecule has 0 spiro atoms. The molecule has 0 aliphatic heterocycles. The third-order valence-corrected chi connectivity index (χ3v) is 2.83. The molecule has 0 bridgehead atoms. The molecular weight excluding hydrogens is 242 g/mol. The van der Waals surface area contributed by atoms with Crippen molar-refractivity contribution in [1.29, 1.82) is 0 Å². The van der Waals surface area contributed by atoms with E-state index in [1.54, 1.807) is 0 Å². The minimum absolute atomic E-state index is 0.117. The first-order valence-corrected chi connectivity index (χ1v) is 5.54. The fraction of sp³-hybridized carbons (Fsp3) is 0.111. The van der Waals surface area contributed by atoms with Crippen LogP contribution in [0.4, 0.5) is 22.5 Å². The molecule has 17 heavy (non-hydrogen) atoms. The standard InChI is InChI=1S/C9H9N5O2S/c1-5-4-17-9(11-5)13-7-3-2-6(14(15)16)8(10)12-7/h2-4H,1H3,(H3,10,11,12,13). The van der Waals surface area contributed by atoms with Gasteiger partial charge in [-0.05, 0) is 13.0 Å². The lowest BCUT2D eigenvalue weighted by Gasteiger charge is -2.02. The number of nitrogen functional groups attached to an aromatic ring is 1. The second-order valence-corrected chi connectivity index (χ2v) is 4.14. The van der Waals surface area contributed by atoms with E-state index in [9.17, 15) is 10.1 Å². The van der Waals surface area contributed by atoms with Gasteiger partial charge in [-0.1, -0.05) is 0 Å². The molecule has 2 aromatic heterocycles.